The molecule has 4 rings (SSSR count). The molecule has 2 aromatic rings. The highest BCUT2D eigenvalue weighted by Gasteiger charge is 2.40. The number of hydrogen-bond donors (Lipinski definition) is 0. The molecule has 8 nitrogen and oxygen atoms in total. The van der Waals surface area contributed by atoms with Gasteiger partial charge in [-0.15, -0.1) is 0 Å². The van der Waals surface area contributed by atoms with Crippen LogP contribution in [0.25, 0.3) is 17.2 Å². The van der Waals surface area contributed by atoms with Gasteiger partial charge in [0.25, 0.3) is 0 Å². The lowest BCUT2D eigenvalue weighted by Gasteiger charge is -2.41. The van der Waals surface area contributed by atoms with Gasteiger partial charge >= 0.3 is 12.1 Å². The Hall–Kier alpha value is -3.08. The van der Waals surface area contributed by atoms with Crippen LogP contribution in [-0.2, 0) is 35.7 Å². The number of benzene rings is 1. The Morgan fingerprint density at radius 3 is 2.35 bits per heavy atom. The van der Waals surface area contributed by atoms with Gasteiger partial charge < -0.3 is 23.8 Å². The highest BCUT2D eigenvalue weighted by atomic mass is 28.3. The maximum absolute atomic E-state index is 14.3. The van der Waals surface area contributed by atoms with E-state index in [0.29, 0.717) is 26.1 Å². The zero-order valence-corrected chi connectivity index (χ0v) is 32.7. The van der Waals surface area contributed by atoms with Gasteiger partial charge in [-0.05, 0) is 69.8 Å². The summed E-state index contributed by atoms with van der Waals surface area (Å²) in [5.74, 6) is -1.50. The van der Waals surface area contributed by atoms with Crippen molar-refractivity contribution in [3.8, 4) is 11.1 Å². The van der Waals surface area contributed by atoms with Crippen molar-refractivity contribution in [1.29, 1.82) is 0 Å². The molecule has 0 unspecified atom stereocenters. The first-order valence-corrected chi connectivity index (χ1v) is 21.2. The number of pyridine rings is 1. The van der Waals surface area contributed by atoms with Crippen molar-refractivity contribution < 1.29 is 32.9 Å². The number of carbonyl (C=O) groups is 2. The van der Waals surface area contributed by atoms with Gasteiger partial charge in [0.05, 0.1) is 43.2 Å². The highest BCUT2D eigenvalue weighted by Crippen LogP contribution is 2.43. The summed E-state index contributed by atoms with van der Waals surface area (Å²) in [6, 6.07) is 7.40. The first kappa shape index (κ1) is 38.7. The minimum absolute atomic E-state index is 0.0662. The van der Waals surface area contributed by atoms with E-state index in [1.807, 2.05) is 46.8 Å². The SMILES string of the molecule is CC(C)c1nc2c(c(-c3ccc(F)cc3)c1C=C[C@@H]1C[C@H](CC(=O)OC(C)(C)C)OC(C)(C)O1)CN(C(=O)OCC[Si](C)(C)C)CC2(C)C. The largest absolute Gasteiger partial charge is 0.460 e. The molecule has 2 atom stereocenters. The maximum atomic E-state index is 14.3. The zero-order chi connectivity index (χ0) is 36.5. The number of fused-ring (bicyclic) bond motifs is 1. The smallest absolute Gasteiger partial charge is 0.410 e. The average Bonchev–Trinajstić information content (AvgIpc) is 2.93. The molecule has 3 heterocycles. The second kappa shape index (κ2) is 14.6. The predicted molar refractivity (Wildman–Crippen MR) is 195 cm³/mol. The number of esters is 1. The number of carbonyl (C=O) groups excluding carboxylic acids is 2. The second-order valence-corrected chi connectivity index (χ2v) is 22.7. The Bertz CT molecular complexity index is 1540. The van der Waals surface area contributed by atoms with Crippen LogP contribution in [-0.4, -0.2) is 66.8 Å². The van der Waals surface area contributed by atoms with E-state index < -0.39 is 31.0 Å². The third kappa shape index (κ3) is 10.5. The van der Waals surface area contributed by atoms with Crippen LogP contribution in [0.3, 0.4) is 0 Å². The van der Waals surface area contributed by atoms with Gasteiger partial charge in [0, 0.05) is 37.6 Å². The molecule has 1 amide bonds. The lowest BCUT2D eigenvalue weighted by molar-refractivity contribution is -0.290. The van der Waals surface area contributed by atoms with Crippen molar-refractivity contribution >= 4 is 26.2 Å². The molecule has 0 saturated carbocycles. The predicted octanol–water partition coefficient (Wildman–Crippen LogP) is 9.23. The van der Waals surface area contributed by atoms with E-state index in [1.54, 1.807) is 17.0 Å². The van der Waals surface area contributed by atoms with Gasteiger partial charge in [0.1, 0.15) is 11.4 Å². The Kier molecular flexibility index (Phi) is 11.6. The molecule has 1 aromatic heterocycles. The molecule has 1 fully saturated rings. The molecular formula is C39H57FN2O6Si. The summed E-state index contributed by atoms with van der Waals surface area (Å²) in [5.41, 5.74) is 4.35. The van der Waals surface area contributed by atoms with E-state index >= 15 is 0 Å². The molecule has 0 radical (unpaired) electrons. The van der Waals surface area contributed by atoms with Crippen molar-refractivity contribution in [3.05, 3.63) is 58.7 Å². The van der Waals surface area contributed by atoms with Gasteiger partial charge in [-0.1, -0.05) is 71.6 Å². The third-order valence-electron chi connectivity index (χ3n) is 8.63. The van der Waals surface area contributed by atoms with Gasteiger partial charge in [-0.3, -0.25) is 9.78 Å². The van der Waals surface area contributed by atoms with Crippen LogP contribution >= 0.6 is 0 Å². The van der Waals surface area contributed by atoms with Gasteiger partial charge in [-0.25, -0.2) is 9.18 Å². The van der Waals surface area contributed by atoms with Crippen LogP contribution in [0, 0.1) is 5.82 Å². The zero-order valence-electron chi connectivity index (χ0n) is 31.7. The van der Waals surface area contributed by atoms with E-state index in [1.165, 1.54) is 12.1 Å². The van der Waals surface area contributed by atoms with Crippen LogP contribution in [0.1, 0.15) is 104 Å². The highest BCUT2D eigenvalue weighted by molar-refractivity contribution is 6.76. The summed E-state index contributed by atoms with van der Waals surface area (Å²) in [5, 5.41) is 0. The number of hydrogen-bond acceptors (Lipinski definition) is 7. The second-order valence-electron chi connectivity index (χ2n) is 17.1. The molecule has 0 N–H and O–H groups in total. The number of rotatable bonds is 9. The lowest BCUT2D eigenvalue weighted by Crippen LogP contribution is -2.46. The molecule has 2 aliphatic heterocycles. The fourth-order valence-corrected chi connectivity index (χ4v) is 7.27. The Labute approximate surface area is 293 Å². The monoisotopic (exact) mass is 696 g/mol. The average molecular weight is 697 g/mol. The van der Waals surface area contributed by atoms with Crippen LogP contribution < -0.4 is 0 Å². The molecule has 270 valence electrons. The molecule has 0 spiro atoms. The molecule has 1 saturated heterocycles. The summed E-state index contributed by atoms with van der Waals surface area (Å²) in [7, 11) is -1.38. The summed E-state index contributed by atoms with van der Waals surface area (Å²) in [4.78, 5) is 33.3. The number of amides is 1. The first-order valence-electron chi connectivity index (χ1n) is 17.5. The van der Waals surface area contributed by atoms with Crippen molar-refractivity contribution in [2.45, 2.75) is 142 Å². The van der Waals surface area contributed by atoms with E-state index in [2.05, 4.69) is 47.3 Å². The van der Waals surface area contributed by atoms with Crippen molar-refractivity contribution in [2.75, 3.05) is 13.2 Å². The van der Waals surface area contributed by atoms with Crippen LogP contribution in [0.5, 0.6) is 0 Å². The molecule has 0 bridgehead atoms. The molecule has 1 aromatic carbocycles. The topological polar surface area (TPSA) is 87.2 Å². The molecule has 49 heavy (non-hydrogen) atoms. The van der Waals surface area contributed by atoms with E-state index in [-0.39, 0.29) is 36.3 Å². The summed E-state index contributed by atoms with van der Waals surface area (Å²) in [6.07, 6.45) is 3.54. The number of nitrogens with zero attached hydrogens (tertiary/aromatic N) is 2. The minimum Gasteiger partial charge on any atom is -0.460 e. The van der Waals surface area contributed by atoms with Crippen molar-refractivity contribution in [3.63, 3.8) is 0 Å². The molecular weight excluding hydrogens is 640 g/mol. The Morgan fingerprint density at radius 1 is 1.10 bits per heavy atom. The number of halogens is 1. The van der Waals surface area contributed by atoms with Gasteiger partial charge in [0.2, 0.25) is 0 Å². The fourth-order valence-electron chi connectivity index (χ4n) is 6.55. The third-order valence-corrected chi connectivity index (χ3v) is 10.3. The quantitative estimate of drug-likeness (QED) is 0.191. The molecule has 2 aliphatic rings. The van der Waals surface area contributed by atoms with Crippen LogP contribution in [0.2, 0.25) is 25.7 Å². The Balaban J connectivity index is 1.78. The minimum atomic E-state index is -1.38. The normalized spacial score (nSPS) is 20.7. The van der Waals surface area contributed by atoms with E-state index in [4.69, 9.17) is 23.9 Å². The van der Waals surface area contributed by atoms with Crippen molar-refractivity contribution in [1.82, 2.24) is 9.88 Å². The van der Waals surface area contributed by atoms with E-state index in [0.717, 1.165) is 39.7 Å². The van der Waals surface area contributed by atoms with Crippen LogP contribution in [0.4, 0.5) is 9.18 Å². The van der Waals surface area contributed by atoms with Crippen LogP contribution in [0.15, 0.2) is 30.3 Å². The standard InChI is InChI=1S/C39H57FN2O6Si/c1-25(2)34-30(18-17-28-21-29(47-39(8,9)46-28)22-32(43)48-37(3,4)5)33(26-13-15-27(40)16-14-26)31-23-42(24-38(6,7)35(31)41-34)36(44)45-19-20-49(10,11)12/h13-18,25,28-29H,19-24H2,1-12H3/t28-,29-/m1/s1. The van der Waals surface area contributed by atoms with Gasteiger partial charge in [-0.2, -0.15) is 0 Å². The fraction of sp³-hybridized carbons (Fsp3) is 0.615. The molecule has 0 aliphatic carbocycles. The summed E-state index contributed by atoms with van der Waals surface area (Å²) < 4.78 is 38.1. The number of aromatic nitrogens is 1. The first-order chi connectivity index (χ1) is 22.5. The summed E-state index contributed by atoms with van der Waals surface area (Å²) in [6.45, 7) is 25.7. The maximum Gasteiger partial charge on any atom is 0.410 e. The lowest BCUT2D eigenvalue weighted by atomic mass is 9.77. The summed E-state index contributed by atoms with van der Waals surface area (Å²) >= 11 is 0. The van der Waals surface area contributed by atoms with Crippen molar-refractivity contribution in [2.24, 2.45) is 0 Å². The van der Waals surface area contributed by atoms with Gasteiger partial charge in [0.15, 0.2) is 5.79 Å². The Morgan fingerprint density at radius 2 is 1.76 bits per heavy atom. The van der Waals surface area contributed by atoms with E-state index in [9.17, 15) is 14.0 Å². The number of ether oxygens (including phenoxy) is 4. The molecule has 10 heteroatoms.